The summed E-state index contributed by atoms with van der Waals surface area (Å²) in [6.45, 7) is 3.07. The second-order valence-corrected chi connectivity index (χ2v) is 7.14. The van der Waals surface area contributed by atoms with Crippen molar-refractivity contribution in [1.82, 2.24) is 24.7 Å². The van der Waals surface area contributed by atoms with E-state index in [9.17, 15) is 4.39 Å². The molecule has 8 heteroatoms. The first-order valence-corrected chi connectivity index (χ1v) is 9.45. The first kappa shape index (κ1) is 16.4. The largest absolute Gasteiger partial charge is 0.363 e. The monoisotopic (exact) mass is 367 g/mol. The Morgan fingerprint density at radius 2 is 2.00 bits per heavy atom. The number of fused-ring (bicyclic) bond motifs is 1. The van der Waals surface area contributed by atoms with E-state index in [1.54, 1.807) is 6.20 Å². The van der Waals surface area contributed by atoms with Gasteiger partial charge in [-0.1, -0.05) is 6.07 Å². The zero-order valence-corrected chi connectivity index (χ0v) is 15.0. The Balaban J connectivity index is 1.47. The molecule has 140 valence electrons. The Hall–Kier alpha value is -2.74. The quantitative estimate of drug-likeness (QED) is 0.736. The summed E-state index contributed by atoms with van der Waals surface area (Å²) in [6.07, 6.45) is 7.15. The van der Waals surface area contributed by atoms with Crippen LogP contribution in [0.15, 0.2) is 36.8 Å². The van der Waals surface area contributed by atoms with Gasteiger partial charge in [0.15, 0.2) is 5.65 Å². The number of halogens is 1. The minimum atomic E-state index is -0.902. The van der Waals surface area contributed by atoms with Crippen molar-refractivity contribution >= 4 is 17.3 Å². The molecule has 2 unspecified atom stereocenters. The summed E-state index contributed by atoms with van der Waals surface area (Å²) in [7, 11) is 0. The molecule has 7 nitrogen and oxygen atoms in total. The predicted molar refractivity (Wildman–Crippen MR) is 103 cm³/mol. The van der Waals surface area contributed by atoms with E-state index in [2.05, 4.69) is 25.5 Å². The van der Waals surface area contributed by atoms with Crippen molar-refractivity contribution in [2.24, 2.45) is 0 Å². The number of nitrogens with one attached hydrogen (secondary N) is 2. The van der Waals surface area contributed by atoms with Gasteiger partial charge in [0.1, 0.15) is 17.8 Å². The molecule has 27 heavy (non-hydrogen) atoms. The third-order valence-electron chi connectivity index (χ3n) is 5.30. The van der Waals surface area contributed by atoms with Crippen molar-refractivity contribution < 1.29 is 4.39 Å². The molecule has 0 radical (unpaired) electrons. The van der Waals surface area contributed by atoms with Crippen LogP contribution in [0.5, 0.6) is 0 Å². The Morgan fingerprint density at radius 3 is 2.81 bits per heavy atom. The maximum atomic E-state index is 13.9. The molecule has 3 aromatic rings. The van der Waals surface area contributed by atoms with E-state index in [-0.39, 0.29) is 6.04 Å². The Morgan fingerprint density at radius 1 is 1.11 bits per heavy atom. The van der Waals surface area contributed by atoms with Gasteiger partial charge in [0.2, 0.25) is 0 Å². The van der Waals surface area contributed by atoms with Gasteiger partial charge < -0.3 is 15.5 Å². The fourth-order valence-electron chi connectivity index (χ4n) is 3.81. The second-order valence-electron chi connectivity index (χ2n) is 7.14. The zero-order valence-electron chi connectivity index (χ0n) is 15.0. The van der Waals surface area contributed by atoms with Gasteiger partial charge in [-0.25, -0.2) is 19.3 Å². The molecule has 5 heterocycles. The Kier molecular flexibility index (Phi) is 4.12. The third kappa shape index (κ3) is 3.10. The molecule has 0 saturated carbocycles. The highest BCUT2D eigenvalue weighted by molar-refractivity contribution is 5.62. The zero-order chi connectivity index (χ0) is 18.2. The maximum absolute atomic E-state index is 13.9. The van der Waals surface area contributed by atoms with Crippen molar-refractivity contribution in [3.8, 4) is 11.4 Å². The van der Waals surface area contributed by atoms with Gasteiger partial charge in [-0.05, 0) is 25.0 Å². The third-order valence-corrected chi connectivity index (χ3v) is 5.30. The lowest BCUT2D eigenvalue weighted by Crippen LogP contribution is -2.29. The number of hydrogen-bond acceptors (Lipinski definition) is 6. The fourth-order valence-corrected chi connectivity index (χ4v) is 3.81. The molecule has 0 spiro atoms. The number of hydrogen-bond donors (Lipinski definition) is 2. The molecule has 2 atom stereocenters. The van der Waals surface area contributed by atoms with E-state index in [4.69, 9.17) is 4.98 Å². The maximum Gasteiger partial charge on any atom is 0.155 e. The number of alkyl halides is 1. The topological polar surface area (TPSA) is 70.4 Å². The summed E-state index contributed by atoms with van der Waals surface area (Å²) in [5.41, 5.74) is 2.49. The van der Waals surface area contributed by atoms with Crippen LogP contribution in [0.2, 0.25) is 0 Å². The molecular weight excluding hydrogens is 345 g/mol. The number of imidazole rings is 1. The highest BCUT2D eigenvalue weighted by Gasteiger charge is 2.26. The molecule has 0 amide bonds. The highest BCUT2D eigenvalue weighted by Crippen LogP contribution is 2.24. The van der Waals surface area contributed by atoms with Crippen molar-refractivity contribution in [3.63, 3.8) is 0 Å². The summed E-state index contributed by atoms with van der Waals surface area (Å²) < 4.78 is 15.9. The van der Waals surface area contributed by atoms with Gasteiger partial charge in [-0.3, -0.25) is 4.40 Å². The number of anilines is 2. The lowest BCUT2D eigenvalue weighted by molar-refractivity contribution is 0.342. The van der Waals surface area contributed by atoms with Gasteiger partial charge >= 0.3 is 0 Å². The first-order chi connectivity index (χ1) is 13.3. The van der Waals surface area contributed by atoms with Crippen LogP contribution in [0.1, 0.15) is 12.8 Å². The Labute approximate surface area is 156 Å². The summed E-state index contributed by atoms with van der Waals surface area (Å²) >= 11 is 0. The van der Waals surface area contributed by atoms with Gasteiger partial charge in [-0.2, -0.15) is 0 Å². The van der Waals surface area contributed by atoms with Crippen molar-refractivity contribution in [3.05, 3.63) is 36.8 Å². The van der Waals surface area contributed by atoms with Gasteiger partial charge in [-0.15, -0.1) is 0 Å². The second kappa shape index (κ2) is 6.77. The van der Waals surface area contributed by atoms with E-state index in [0.717, 1.165) is 35.9 Å². The highest BCUT2D eigenvalue weighted by atomic mass is 19.1. The van der Waals surface area contributed by atoms with E-state index >= 15 is 0 Å². The number of aromatic nitrogens is 4. The number of nitrogens with zero attached hydrogens (tertiary/aromatic N) is 5. The summed E-state index contributed by atoms with van der Waals surface area (Å²) in [6, 6.07) is 5.50. The minimum Gasteiger partial charge on any atom is -0.363 e. The van der Waals surface area contributed by atoms with Crippen molar-refractivity contribution in [2.75, 3.05) is 36.4 Å². The normalized spacial score (nSPS) is 22.6. The van der Waals surface area contributed by atoms with E-state index < -0.39 is 6.17 Å². The van der Waals surface area contributed by atoms with Gasteiger partial charge in [0.05, 0.1) is 36.0 Å². The minimum absolute atomic E-state index is 0.249. The number of pyridine rings is 1. The molecule has 0 aromatic carbocycles. The molecular formula is C19H22FN7. The van der Waals surface area contributed by atoms with Crippen LogP contribution in [0.3, 0.4) is 0 Å². The fraction of sp³-hybridized carbons (Fsp3) is 0.421. The van der Waals surface area contributed by atoms with E-state index in [0.29, 0.717) is 18.9 Å². The lowest BCUT2D eigenvalue weighted by atomic mass is 10.2. The van der Waals surface area contributed by atoms with Crippen LogP contribution in [-0.2, 0) is 0 Å². The SMILES string of the molecule is FC1CNCC1Nc1cccc(-c2cnc3cnc(N4CCCC4)cn23)n1. The summed E-state index contributed by atoms with van der Waals surface area (Å²) in [5.74, 6) is 1.64. The molecule has 2 fully saturated rings. The van der Waals surface area contributed by atoms with E-state index in [1.165, 1.54) is 12.8 Å². The predicted octanol–water partition coefficient (Wildman–Crippen LogP) is 2.11. The van der Waals surface area contributed by atoms with Crippen LogP contribution in [0.25, 0.3) is 17.0 Å². The average molecular weight is 367 g/mol. The van der Waals surface area contributed by atoms with Gasteiger partial charge in [0.25, 0.3) is 0 Å². The molecule has 2 aliphatic rings. The smallest absolute Gasteiger partial charge is 0.155 e. The molecule has 5 rings (SSSR count). The number of rotatable bonds is 4. The molecule has 2 saturated heterocycles. The summed E-state index contributed by atoms with van der Waals surface area (Å²) in [4.78, 5) is 16.0. The van der Waals surface area contributed by atoms with Crippen LogP contribution in [-0.4, -0.2) is 57.7 Å². The van der Waals surface area contributed by atoms with Crippen molar-refractivity contribution in [2.45, 2.75) is 25.1 Å². The Bertz CT molecular complexity index is 950. The summed E-state index contributed by atoms with van der Waals surface area (Å²) in [5, 5.41) is 6.25. The average Bonchev–Trinajstić information content (AvgIpc) is 3.43. The molecule has 0 bridgehead atoms. The standard InChI is InChI=1S/C19H22FN7/c20-13-8-21-9-15(13)25-17-5-3-4-14(24-17)16-10-22-18-11-23-19(12-27(16)18)26-6-1-2-7-26/h3-5,10-13,15,21H,1-2,6-9H2,(H,24,25). The molecule has 0 aliphatic carbocycles. The van der Waals surface area contributed by atoms with Crippen LogP contribution < -0.4 is 15.5 Å². The van der Waals surface area contributed by atoms with Crippen molar-refractivity contribution in [1.29, 1.82) is 0 Å². The molecule has 3 aromatic heterocycles. The molecule has 2 aliphatic heterocycles. The van der Waals surface area contributed by atoms with Crippen LogP contribution >= 0.6 is 0 Å². The molecule has 2 N–H and O–H groups in total. The van der Waals surface area contributed by atoms with E-state index in [1.807, 2.05) is 35.0 Å². The van der Waals surface area contributed by atoms with Gasteiger partial charge in [0, 0.05) is 26.2 Å². The lowest BCUT2D eigenvalue weighted by Gasteiger charge is -2.17. The van der Waals surface area contributed by atoms with Crippen LogP contribution in [0.4, 0.5) is 16.0 Å². The van der Waals surface area contributed by atoms with Crippen LogP contribution in [0, 0.1) is 0 Å². The first-order valence-electron chi connectivity index (χ1n) is 9.45.